The number of nitriles is 1. The van der Waals surface area contributed by atoms with E-state index in [4.69, 9.17) is 9.84 Å². The molecular formula is C24H21N5O. The number of rotatable bonds is 4. The predicted molar refractivity (Wildman–Crippen MR) is 115 cm³/mol. The molecule has 1 atom stereocenters. The first kappa shape index (κ1) is 18.3. The van der Waals surface area contributed by atoms with E-state index in [0.29, 0.717) is 5.56 Å². The summed E-state index contributed by atoms with van der Waals surface area (Å²) >= 11 is 0. The first-order chi connectivity index (χ1) is 14.8. The number of ether oxygens (including phenoxy) is 1. The number of pyridine rings is 1. The fourth-order valence-corrected chi connectivity index (χ4v) is 3.99. The van der Waals surface area contributed by atoms with Crippen LogP contribution in [0.5, 0.6) is 11.5 Å². The quantitative estimate of drug-likeness (QED) is 0.543. The van der Waals surface area contributed by atoms with Crippen LogP contribution < -0.4 is 10.1 Å². The summed E-state index contributed by atoms with van der Waals surface area (Å²) < 4.78 is 7.92. The third-order valence-electron chi connectivity index (χ3n) is 5.45. The summed E-state index contributed by atoms with van der Waals surface area (Å²) in [6.07, 6.45) is 5.57. The molecule has 0 saturated carbocycles. The summed E-state index contributed by atoms with van der Waals surface area (Å²) in [5.41, 5.74) is 3.23. The van der Waals surface area contributed by atoms with Crippen LogP contribution in [0, 0.1) is 11.3 Å². The second kappa shape index (κ2) is 7.97. The summed E-state index contributed by atoms with van der Waals surface area (Å²) in [4.78, 5) is 4.29. The van der Waals surface area contributed by atoms with Crippen LogP contribution in [0.15, 0.2) is 67.0 Å². The Balaban J connectivity index is 1.55. The minimum atomic E-state index is 0.227. The van der Waals surface area contributed by atoms with Crippen molar-refractivity contribution in [1.29, 1.82) is 5.26 Å². The van der Waals surface area contributed by atoms with E-state index in [2.05, 4.69) is 16.4 Å². The Morgan fingerprint density at radius 3 is 2.57 bits per heavy atom. The van der Waals surface area contributed by atoms with Gasteiger partial charge >= 0.3 is 0 Å². The van der Waals surface area contributed by atoms with E-state index in [9.17, 15) is 5.26 Å². The van der Waals surface area contributed by atoms with Gasteiger partial charge in [0.2, 0.25) is 0 Å². The minimum Gasteiger partial charge on any atom is -0.457 e. The van der Waals surface area contributed by atoms with Gasteiger partial charge in [-0.2, -0.15) is 10.4 Å². The Morgan fingerprint density at radius 1 is 1.03 bits per heavy atom. The van der Waals surface area contributed by atoms with Crippen molar-refractivity contribution >= 4 is 10.9 Å². The van der Waals surface area contributed by atoms with E-state index >= 15 is 0 Å². The molecule has 6 heteroatoms. The molecule has 0 unspecified atom stereocenters. The van der Waals surface area contributed by atoms with E-state index in [1.807, 2.05) is 59.3 Å². The second-order valence-corrected chi connectivity index (χ2v) is 7.43. The number of benzene rings is 2. The van der Waals surface area contributed by atoms with Crippen LogP contribution in [0.3, 0.4) is 0 Å². The maximum Gasteiger partial charge on any atom is 0.127 e. The van der Waals surface area contributed by atoms with Crippen molar-refractivity contribution in [3.63, 3.8) is 0 Å². The molecule has 1 N–H and O–H groups in total. The van der Waals surface area contributed by atoms with Crippen LogP contribution in [-0.2, 0) is 0 Å². The van der Waals surface area contributed by atoms with Gasteiger partial charge < -0.3 is 10.1 Å². The maximum absolute atomic E-state index is 9.65. The molecule has 4 aromatic rings. The largest absolute Gasteiger partial charge is 0.457 e. The van der Waals surface area contributed by atoms with Gasteiger partial charge in [-0.15, -0.1) is 0 Å². The van der Waals surface area contributed by atoms with Crippen LogP contribution in [0.2, 0.25) is 0 Å². The lowest BCUT2D eigenvalue weighted by Gasteiger charge is -2.24. The van der Waals surface area contributed by atoms with Gasteiger partial charge in [-0.1, -0.05) is 18.2 Å². The number of hydrogen-bond acceptors (Lipinski definition) is 5. The van der Waals surface area contributed by atoms with Crippen molar-refractivity contribution in [1.82, 2.24) is 20.1 Å². The van der Waals surface area contributed by atoms with Crippen molar-refractivity contribution in [3.8, 4) is 28.8 Å². The molecule has 1 saturated heterocycles. The number of nitrogens with zero attached hydrogens (tertiary/aromatic N) is 4. The number of fused-ring (bicyclic) bond motifs is 1. The predicted octanol–water partition coefficient (Wildman–Crippen LogP) is 4.69. The molecule has 1 fully saturated rings. The van der Waals surface area contributed by atoms with Crippen LogP contribution in [0.25, 0.3) is 22.2 Å². The molecule has 0 bridgehead atoms. The zero-order valence-corrected chi connectivity index (χ0v) is 16.5. The van der Waals surface area contributed by atoms with Gasteiger partial charge in [0.15, 0.2) is 0 Å². The number of hydrogen-bond donors (Lipinski definition) is 1. The standard InChI is InChI=1S/C24H21N5O/c25-13-18-14-27-16-22-23(28-29(24(18)22)19-5-4-12-26-15-19)17-8-10-21(11-9-17)30-20-6-2-1-3-7-20/h1-3,6-11,14,16,19,26H,4-5,12,15H2/t19-/m1/s1. The van der Waals surface area contributed by atoms with E-state index in [1.54, 1.807) is 12.4 Å². The SMILES string of the molecule is N#Cc1cncc2c(-c3ccc(Oc4ccccc4)cc3)nn([C@@H]3CCCNC3)c12. The summed E-state index contributed by atoms with van der Waals surface area (Å²) in [5.74, 6) is 1.56. The van der Waals surface area contributed by atoms with Crippen LogP contribution >= 0.6 is 0 Å². The molecule has 3 heterocycles. The van der Waals surface area contributed by atoms with Gasteiger partial charge in [-0.3, -0.25) is 9.67 Å². The second-order valence-electron chi connectivity index (χ2n) is 7.43. The molecule has 1 aliphatic rings. The molecule has 0 radical (unpaired) electrons. The van der Waals surface area contributed by atoms with Crippen molar-refractivity contribution in [3.05, 3.63) is 72.6 Å². The van der Waals surface area contributed by atoms with Crippen molar-refractivity contribution in [2.75, 3.05) is 13.1 Å². The zero-order valence-electron chi connectivity index (χ0n) is 16.5. The van der Waals surface area contributed by atoms with E-state index < -0.39 is 0 Å². The third kappa shape index (κ3) is 3.40. The highest BCUT2D eigenvalue weighted by Gasteiger charge is 2.23. The topological polar surface area (TPSA) is 75.8 Å². The monoisotopic (exact) mass is 395 g/mol. The highest BCUT2D eigenvalue weighted by molar-refractivity contribution is 5.95. The Bertz CT molecular complexity index is 1200. The molecular weight excluding hydrogens is 374 g/mol. The lowest BCUT2D eigenvalue weighted by atomic mass is 10.1. The average Bonchev–Trinajstić information content (AvgIpc) is 3.21. The Labute approximate surface area is 174 Å². The molecule has 2 aromatic carbocycles. The Hall–Kier alpha value is -3.69. The van der Waals surface area contributed by atoms with Gasteiger partial charge in [0, 0.05) is 29.9 Å². The Morgan fingerprint density at radius 2 is 1.83 bits per heavy atom. The third-order valence-corrected chi connectivity index (χ3v) is 5.45. The van der Waals surface area contributed by atoms with E-state index in [1.165, 1.54) is 0 Å². The van der Waals surface area contributed by atoms with Crippen LogP contribution in [-0.4, -0.2) is 27.9 Å². The fourth-order valence-electron chi connectivity index (χ4n) is 3.99. The lowest BCUT2D eigenvalue weighted by molar-refractivity contribution is 0.355. The maximum atomic E-state index is 9.65. The van der Waals surface area contributed by atoms with Gasteiger partial charge in [0.05, 0.1) is 17.1 Å². The van der Waals surface area contributed by atoms with Crippen molar-refractivity contribution in [2.24, 2.45) is 0 Å². The highest BCUT2D eigenvalue weighted by Crippen LogP contribution is 2.33. The molecule has 0 spiro atoms. The number of aromatic nitrogens is 3. The minimum absolute atomic E-state index is 0.227. The van der Waals surface area contributed by atoms with Crippen LogP contribution in [0.1, 0.15) is 24.4 Å². The summed E-state index contributed by atoms with van der Waals surface area (Å²) in [6.45, 7) is 1.88. The number of para-hydroxylation sites is 1. The average molecular weight is 395 g/mol. The Kier molecular flexibility index (Phi) is 4.88. The van der Waals surface area contributed by atoms with Crippen LogP contribution in [0.4, 0.5) is 0 Å². The first-order valence-electron chi connectivity index (χ1n) is 10.1. The van der Waals surface area contributed by atoms with Gasteiger partial charge in [0.25, 0.3) is 0 Å². The normalized spacial score (nSPS) is 16.3. The van der Waals surface area contributed by atoms with Gasteiger partial charge in [-0.05, 0) is 55.8 Å². The number of nitrogens with one attached hydrogen (secondary N) is 1. The van der Waals surface area contributed by atoms with E-state index in [-0.39, 0.29) is 6.04 Å². The van der Waals surface area contributed by atoms with Crippen molar-refractivity contribution < 1.29 is 4.74 Å². The smallest absolute Gasteiger partial charge is 0.127 e. The molecule has 0 amide bonds. The summed E-state index contributed by atoms with van der Waals surface area (Å²) in [7, 11) is 0. The lowest BCUT2D eigenvalue weighted by Crippen LogP contribution is -2.32. The fraction of sp³-hybridized carbons (Fsp3) is 0.208. The summed E-state index contributed by atoms with van der Waals surface area (Å²) in [5, 5.41) is 18.9. The summed E-state index contributed by atoms with van der Waals surface area (Å²) in [6, 6.07) is 20.1. The van der Waals surface area contributed by atoms with Gasteiger partial charge in [-0.25, -0.2) is 0 Å². The highest BCUT2D eigenvalue weighted by atomic mass is 16.5. The molecule has 5 rings (SSSR count). The molecule has 2 aromatic heterocycles. The molecule has 0 aliphatic carbocycles. The molecule has 1 aliphatic heterocycles. The van der Waals surface area contributed by atoms with Gasteiger partial charge in [0.1, 0.15) is 23.3 Å². The molecule has 148 valence electrons. The van der Waals surface area contributed by atoms with E-state index in [0.717, 1.165) is 59.6 Å². The first-order valence-corrected chi connectivity index (χ1v) is 10.1. The zero-order chi connectivity index (χ0) is 20.3. The molecule has 6 nitrogen and oxygen atoms in total. The number of piperidine rings is 1. The van der Waals surface area contributed by atoms with Crippen molar-refractivity contribution in [2.45, 2.75) is 18.9 Å². The molecule has 30 heavy (non-hydrogen) atoms.